The van der Waals surface area contributed by atoms with Gasteiger partial charge in [0.05, 0.1) is 23.1 Å². The molecule has 0 unspecified atom stereocenters. The van der Waals surface area contributed by atoms with Crippen molar-refractivity contribution in [3.05, 3.63) is 113 Å². The summed E-state index contributed by atoms with van der Waals surface area (Å²) in [6.45, 7) is -0.236. The molecule has 0 aliphatic carbocycles. The van der Waals surface area contributed by atoms with E-state index in [0.717, 1.165) is 11.4 Å². The standard InChI is InChI=1S/C29H24ClN3O5/c1-32(22-10-8-21(30)9-11-22)24-12-13-26(31-17-24)28(35)19-14-20(29(36)37)16-25(15-19)33(27(34)18-38-2)23-6-4-3-5-7-23/h3-17H,18H2,1-2H3,(H,36,37). The van der Waals surface area contributed by atoms with Gasteiger partial charge in [-0.2, -0.15) is 0 Å². The summed E-state index contributed by atoms with van der Waals surface area (Å²) in [6.07, 6.45) is 1.56. The van der Waals surface area contributed by atoms with E-state index < -0.39 is 17.7 Å². The number of halogens is 1. The molecule has 0 aliphatic rings. The minimum Gasteiger partial charge on any atom is -0.478 e. The number of carboxylic acid groups (broad SMARTS) is 1. The molecule has 0 spiro atoms. The molecule has 4 aromatic rings. The van der Waals surface area contributed by atoms with Crippen molar-refractivity contribution in [1.82, 2.24) is 4.98 Å². The zero-order valence-electron chi connectivity index (χ0n) is 20.7. The molecular formula is C29H24ClN3O5. The Morgan fingerprint density at radius 3 is 2.11 bits per heavy atom. The highest BCUT2D eigenvalue weighted by atomic mass is 35.5. The number of aromatic carboxylic acids is 1. The van der Waals surface area contributed by atoms with Crippen molar-refractivity contribution in [3.63, 3.8) is 0 Å². The summed E-state index contributed by atoms with van der Waals surface area (Å²) in [5.74, 6) is -2.14. The summed E-state index contributed by atoms with van der Waals surface area (Å²) in [7, 11) is 3.25. The zero-order chi connectivity index (χ0) is 27.2. The van der Waals surface area contributed by atoms with Crippen molar-refractivity contribution in [1.29, 1.82) is 0 Å². The van der Waals surface area contributed by atoms with E-state index in [-0.39, 0.29) is 29.1 Å². The normalized spacial score (nSPS) is 10.6. The van der Waals surface area contributed by atoms with Gasteiger partial charge in [0.2, 0.25) is 5.78 Å². The minimum atomic E-state index is -1.24. The fourth-order valence-corrected chi connectivity index (χ4v) is 4.00. The van der Waals surface area contributed by atoms with E-state index in [4.69, 9.17) is 16.3 Å². The Bertz CT molecular complexity index is 1460. The van der Waals surface area contributed by atoms with Gasteiger partial charge in [0.25, 0.3) is 5.91 Å². The third-order valence-corrected chi connectivity index (χ3v) is 6.05. The monoisotopic (exact) mass is 529 g/mol. The van der Waals surface area contributed by atoms with Crippen LogP contribution in [0.25, 0.3) is 0 Å². The van der Waals surface area contributed by atoms with Gasteiger partial charge in [0.1, 0.15) is 12.3 Å². The van der Waals surface area contributed by atoms with E-state index in [0.29, 0.717) is 10.7 Å². The third kappa shape index (κ3) is 5.88. The van der Waals surface area contributed by atoms with Crippen LogP contribution in [-0.2, 0) is 9.53 Å². The van der Waals surface area contributed by atoms with Crippen molar-refractivity contribution in [2.45, 2.75) is 0 Å². The van der Waals surface area contributed by atoms with E-state index >= 15 is 0 Å². The van der Waals surface area contributed by atoms with Crippen LogP contribution in [0.15, 0.2) is 91.1 Å². The maximum Gasteiger partial charge on any atom is 0.335 e. The summed E-state index contributed by atoms with van der Waals surface area (Å²) in [6, 6.07) is 23.4. The molecule has 8 nitrogen and oxygen atoms in total. The molecule has 0 saturated carbocycles. The van der Waals surface area contributed by atoms with Gasteiger partial charge in [-0.3, -0.25) is 19.5 Å². The summed E-state index contributed by atoms with van der Waals surface area (Å²) in [4.78, 5) is 45.8. The van der Waals surface area contributed by atoms with Gasteiger partial charge in [-0.1, -0.05) is 29.8 Å². The van der Waals surface area contributed by atoms with Gasteiger partial charge in [-0.05, 0) is 66.7 Å². The first-order valence-electron chi connectivity index (χ1n) is 11.5. The van der Waals surface area contributed by atoms with Crippen molar-refractivity contribution < 1.29 is 24.2 Å². The lowest BCUT2D eigenvalue weighted by molar-refractivity contribution is -0.121. The molecule has 0 atom stereocenters. The van der Waals surface area contributed by atoms with E-state index in [1.54, 1.807) is 60.8 Å². The number of amides is 1. The number of ether oxygens (including phenoxy) is 1. The fourth-order valence-electron chi connectivity index (χ4n) is 3.88. The van der Waals surface area contributed by atoms with E-state index in [1.165, 1.54) is 30.2 Å². The van der Waals surface area contributed by atoms with Gasteiger partial charge in [-0.25, -0.2) is 4.79 Å². The number of hydrogen-bond donors (Lipinski definition) is 1. The molecule has 0 bridgehead atoms. The van der Waals surface area contributed by atoms with E-state index in [2.05, 4.69) is 4.98 Å². The maximum atomic E-state index is 13.4. The number of ketones is 1. The highest BCUT2D eigenvalue weighted by Gasteiger charge is 2.22. The second-order valence-corrected chi connectivity index (χ2v) is 8.77. The van der Waals surface area contributed by atoms with Crippen molar-refractivity contribution in [2.24, 2.45) is 0 Å². The van der Waals surface area contributed by atoms with Crippen LogP contribution in [0.2, 0.25) is 5.02 Å². The topological polar surface area (TPSA) is 100 Å². The smallest absolute Gasteiger partial charge is 0.335 e. The van der Waals surface area contributed by atoms with Gasteiger partial charge < -0.3 is 14.7 Å². The number of nitrogens with zero attached hydrogens (tertiary/aromatic N) is 3. The Morgan fingerprint density at radius 2 is 1.50 bits per heavy atom. The van der Waals surface area contributed by atoms with Crippen molar-refractivity contribution in [3.8, 4) is 0 Å². The first-order chi connectivity index (χ1) is 18.3. The SMILES string of the molecule is COCC(=O)N(c1ccccc1)c1cc(C(=O)O)cc(C(=O)c2ccc(N(C)c3ccc(Cl)cc3)cn2)c1. The summed E-state index contributed by atoms with van der Waals surface area (Å²) in [5.41, 5.74) is 2.42. The number of carbonyl (C=O) groups is 3. The molecule has 0 fully saturated rings. The number of methoxy groups -OCH3 is 1. The van der Waals surface area contributed by atoms with Crippen LogP contribution < -0.4 is 9.80 Å². The van der Waals surface area contributed by atoms with Crippen LogP contribution in [0.3, 0.4) is 0 Å². The Hall–Kier alpha value is -4.53. The number of pyridine rings is 1. The predicted octanol–water partition coefficient (Wildman–Crippen LogP) is 5.74. The lowest BCUT2D eigenvalue weighted by atomic mass is 10.0. The summed E-state index contributed by atoms with van der Waals surface area (Å²) in [5, 5.41) is 10.4. The molecule has 1 amide bonds. The molecule has 4 rings (SSSR count). The number of carboxylic acids is 1. The molecule has 1 heterocycles. The molecule has 3 aromatic carbocycles. The number of benzene rings is 3. The second-order valence-electron chi connectivity index (χ2n) is 8.34. The van der Waals surface area contributed by atoms with Crippen molar-refractivity contribution >= 4 is 52.0 Å². The second kappa shape index (κ2) is 11.7. The molecule has 38 heavy (non-hydrogen) atoms. The molecule has 192 valence electrons. The van der Waals surface area contributed by atoms with Crippen LogP contribution in [0, 0.1) is 0 Å². The third-order valence-electron chi connectivity index (χ3n) is 5.80. The van der Waals surface area contributed by atoms with Gasteiger partial charge >= 0.3 is 5.97 Å². The fraction of sp³-hybridized carbons (Fsp3) is 0.103. The Balaban J connectivity index is 1.70. The Morgan fingerprint density at radius 1 is 0.842 bits per heavy atom. The maximum absolute atomic E-state index is 13.4. The first-order valence-corrected chi connectivity index (χ1v) is 11.9. The Kier molecular flexibility index (Phi) is 8.15. The quantitative estimate of drug-likeness (QED) is 0.276. The molecule has 9 heteroatoms. The van der Waals surface area contributed by atoms with E-state index in [1.807, 2.05) is 24.1 Å². The highest BCUT2D eigenvalue weighted by molar-refractivity contribution is 6.30. The number of aromatic nitrogens is 1. The molecule has 0 saturated heterocycles. The average molecular weight is 530 g/mol. The molecular weight excluding hydrogens is 506 g/mol. The van der Waals surface area contributed by atoms with Crippen LogP contribution >= 0.6 is 11.6 Å². The zero-order valence-corrected chi connectivity index (χ0v) is 21.4. The molecule has 0 radical (unpaired) electrons. The van der Waals surface area contributed by atoms with Crippen LogP contribution in [0.5, 0.6) is 0 Å². The van der Waals surface area contributed by atoms with Crippen molar-refractivity contribution in [2.75, 3.05) is 30.6 Å². The average Bonchev–Trinajstić information content (AvgIpc) is 2.93. The number of rotatable bonds is 9. The minimum absolute atomic E-state index is 0.0809. The summed E-state index contributed by atoms with van der Waals surface area (Å²) >= 11 is 5.97. The largest absolute Gasteiger partial charge is 0.478 e. The van der Waals surface area contributed by atoms with Crippen LogP contribution in [-0.4, -0.2) is 48.5 Å². The van der Waals surface area contributed by atoms with Crippen LogP contribution in [0.1, 0.15) is 26.4 Å². The number of para-hydroxylation sites is 1. The number of anilines is 4. The molecule has 1 aromatic heterocycles. The van der Waals surface area contributed by atoms with Gasteiger partial charge in [0.15, 0.2) is 0 Å². The molecule has 0 aliphatic heterocycles. The lowest BCUT2D eigenvalue weighted by Crippen LogP contribution is -2.29. The number of hydrogen-bond acceptors (Lipinski definition) is 6. The van der Waals surface area contributed by atoms with Gasteiger partial charge in [-0.15, -0.1) is 0 Å². The lowest BCUT2D eigenvalue weighted by Gasteiger charge is -2.24. The highest BCUT2D eigenvalue weighted by Crippen LogP contribution is 2.29. The predicted molar refractivity (Wildman–Crippen MR) is 146 cm³/mol. The van der Waals surface area contributed by atoms with E-state index in [9.17, 15) is 19.5 Å². The first kappa shape index (κ1) is 26.5. The van der Waals surface area contributed by atoms with Crippen LogP contribution in [0.4, 0.5) is 22.7 Å². The Labute approximate surface area is 224 Å². The number of carbonyl (C=O) groups excluding carboxylic acids is 2. The summed E-state index contributed by atoms with van der Waals surface area (Å²) < 4.78 is 5.03. The molecule has 1 N–H and O–H groups in total. The van der Waals surface area contributed by atoms with Gasteiger partial charge in [0, 0.05) is 36.1 Å².